The summed E-state index contributed by atoms with van der Waals surface area (Å²) in [5.74, 6) is 1.57. The SMILES string of the molecule is [2H]c1c([2H])c(-c2ccc3c(c2)oc2cccc(-c4ccc(-c5nc(-c6ccccc6)nc(-c6ccccc6)n5)cc4)c23)c([2H])c(-n2c3c([2H])c([2H])c([2H])c([2H])c3c3c([2H])c4c([2H])c([2H])c([2H])c([2H])c4c([2H])c32)c1[2H]. The van der Waals surface area contributed by atoms with Crippen molar-refractivity contribution in [1.29, 1.82) is 0 Å². The molecule has 3 aromatic heterocycles. The molecular formula is C55H34N4O. The minimum absolute atomic E-state index is 0.139. The van der Waals surface area contributed by atoms with Crippen LogP contribution in [0.1, 0.15) is 19.2 Å². The second kappa shape index (κ2) is 13.8. The Labute approximate surface area is 365 Å². The average Bonchev–Trinajstić information content (AvgIpc) is 3.98. The fraction of sp³-hybridized carbons (Fsp3) is 0. The van der Waals surface area contributed by atoms with Gasteiger partial charge in [-0.25, -0.2) is 15.0 Å². The van der Waals surface area contributed by atoms with E-state index in [2.05, 4.69) is 0 Å². The standard InChI is InChI=1S/C55H34N4O/c1-3-13-36(14-4-1)53-56-54(37-15-5-2-6-16-37)58-55(57-53)38-27-25-35(26-28-38)44-22-12-24-50-52(44)46-30-29-42(34-51(46)60-50)39-19-11-20-43(31-39)59-48-23-10-9-21-45(48)47-32-40-17-7-8-18-41(40)33-49(47)59/h1-34H/i7D,8D,9D,10D,11D,17D,18D,19D,20D,21D,23D,31D,32D,33D. The molecule has 12 rings (SSSR count). The first-order chi connectivity index (χ1) is 35.6. The third kappa shape index (κ3) is 5.67. The Morgan fingerprint density at radius 3 is 1.78 bits per heavy atom. The number of fused-ring (bicyclic) bond motifs is 7. The second-order valence-corrected chi connectivity index (χ2v) is 14.1. The van der Waals surface area contributed by atoms with Gasteiger partial charge >= 0.3 is 0 Å². The Hall–Kier alpha value is -8.15. The van der Waals surface area contributed by atoms with Crippen molar-refractivity contribution < 1.29 is 23.6 Å². The highest BCUT2D eigenvalue weighted by Crippen LogP contribution is 2.40. The predicted molar refractivity (Wildman–Crippen MR) is 246 cm³/mol. The molecule has 0 aliphatic rings. The van der Waals surface area contributed by atoms with E-state index in [1.54, 1.807) is 18.2 Å². The van der Waals surface area contributed by atoms with E-state index in [1.165, 1.54) is 0 Å². The number of aromatic nitrogens is 4. The zero-order chi connectivity index (χ0) is 51.8. The van der Waals surface area contributed by atoms with E-state index in [0.29, 0.717) is 34.0 Å². The third-order valence-electron chi connectivity index (χ3n) is 10.6. The van der Waals surface area contributed by atoms with Gasteiger partial charge in [0.2, 0.25) is 0 Å². The normalized spacial score (nSPS) is 14.9. The quantitative estimate of drug-likeness (QED) is 0.169. The number of benzene rings is 9. The Balaban J connectivity index is 1.02. The van der Waals surface area contributed by atoms with Crippen molar-refractivity contribution >= 4 is 54.5 Å². The van der Waals surface area contributed by atoms with Crippen molar-refractivity contribution in [3.05, 3.63) is 206 Å². The van der Waals surface area contributed by atoms with Crippen LogP contribution in [0.5, 0.6) is 0 Å². The highest BCUT2D eigenvalue weighted by atomic mass is 16.3. The Kier molecular flexibility index (Phi) is 5.20. The summed E-state index contributed by atoms with van der Waals surface area (Å²) in [5.41, 5.74) is 4.05. The van der Waals surface area contributed by atoms with Crippen molar-refractivity contribution in [1.82, 2.24) is 19.5 Å². The molecule has 3 heterocycles. The van der Waals surface area contributed by atoms with E-state index in [0.717, 1.165) is 37.8 Å². The number of rotatable bonds is 6. The smallest absolute Gasteiger partial charge is 0.164 e. The van der Waals surface area contributed by atoms with E-state index >= 15 is 0 Å². The molecule has 0 radical (unpaired) electrons. The lowest BCUT2D eigenvalue weighted by molar-refractivity contribution is 0.669. The maximum absolute atomic E-state index is 9.78. The van der Waals surface area contributed by atoms with Crippen LogP contribution in [0.3, 0.4) is 0 Å². The van der Waals surface area contributed by atoms with Gasteiger partial charge in [-0.1, -0.05) is 158 Å². The molecule has 0 aliphatic carbocycles. The molecule has 0 amide bonds. The number of hydrogen-bond acceptors (Lipinski definition) is 4. The molecule has 12 aromatic rings. The number of furan rings is 1. The largest absolute Gasteiger partial charge is 0.456 e. The van der Waals surface area contributed by atoms with Crippen molar-refractivity contribution in [2.45, 2.75) is 0 Å². The molecule has 5 heteroatoms. The number of nitrogens with zero attached hydrogens (tertiary/aromatic N) is 4. The second-order valence-electron chi connectivity index (χ2n) is 14.1. The van der Waals surface area contributed by atoms with Gasteiger partial charge in [0.15, 0.2) is 17.5 Å². The van der Waals surface area contributed by atoms with Gasteiger partial charge in [-0.3, -0.25) is 0 Å². The molecule has 0 bridgehead atoms. The Morgan fingerprint density at radius 2 is 1.05 bits per heavy atom. The van der Waals surface area contributed by atoms with Crippen LogP contribution in [0.4, 0.5) is 0 Å². The van der Waals surface area contributed by atoms with Crippen molar-refractivity contribution in [3.8, 4) is 62.1 Å². The molecule has 0 N–H and O–H groups in total. The molecule has 280 valence electrons. The van der Waals surface area contributed by atoms with E-state index in [4.69, 9.17) is 31.7 Å². The van der Waals surface area contributed by atoms with Crippen LogP contribution >= 0.6 is 0 Å². The summed E-state index contributed by atoms with van der Waals surface area (Å²) in [4.78, 5) is 14.6. The highest BCUT2D eigenvalue weighted by molar-refractivity contribution is 6.14. The predicted octanol–water partition coefficient (Wildman–Crippen LogP) is 14.4. The number of hydrogen-bond donors (Lipinski definition) is 0. The van der Waals surface area contributed by atoms with E-state index < -0.39 is 90.3 Å². The van der Waals surface area contributed by atoms with E-state index in [-0.39, 0.29) is 43.7 Å². The molecule has 0 saturated carbocycles. The maximum Gasteiger partial charge on any atom is 0.164 e. The number of para-hydroxylation sites is 1. The van der Waals surface area contributed by atoms with Gasteiger partial charge in [-0.2, -0.15) is 0 Å². The molecule has 9 aromatic carbocycles. The fourth-order valence-electron chi connectivity index (χ4n) is 7.75. The molecular weight excluding hydrogens is 733 g/mol. The lowest BCUT2D eigenvalue weighted by Crippen LogP contribution is -2.00. The average molecular weight is 781 g/mol. The van der Waals surface area contributed by atoms with Gasteiger partial charge in [0.1, 0.15) is 11.2 Å². The Morgan fingerprint density at radius 1 is 0.417 bits per heavy atom. The topological polar surface area (TPSA) is 56.7 Å². The monoisotopic (exact) mass is 780 g/mol. The van der Waals surface area contributed by atoms with E-state index in [9.17, 15) is 6.85 Å². The van der Waals surface area contributed by atoms with Gasteiger partial charge in [-0.15, -0.1) is 0 Å². The zero-order valence-electron chi connectivity index (χ0n) is 45.2. The highest BCUT2D eigenvalue weighted by Gasteiger charge is 2.17. The van der Waals surface area contributed by atoms with Crippen LogP contribution in [0, 0.1) is 0 Å². The van der Waals surface area contributed by atoms with Crippen LogP contribution in [0.15, 0.2) is 210 Å². The molecule has 0 unspecified atom stereocenters. The summed E-state index contributed by atoms with van der Waals surface area (Å²) in [6.07, 6.45) is 0. The minimum Gasteiger partial charge on any atom is -0.456 e. The van der Waals surface area contributed by atoms with Crippen LogP contribution in [0.2, 0.25) is 0 Å². The molecule has 5 nitrogen and oxygen atoms in total. The third-order valence-corrected chi connectivity index (χ3v) is 10.6. The Bertz CT molecular complexity index is 4350. The molecule has 0 atom stereocenters. The summed E-state index contributed by atoms with van der Waals surface area (Å²) in [6, 6.07) is 29.1. The van der Waals surface area contributed by atoms with Crippen LogP contribution < -0.4 is 0 Å². The summed E-state index contributed by atoms with van der Waals surface area (Å²) in [6.45, 7) is 0. The summed E-state index contributed by atoms with van der Waals surface area (Å²) in [5, 5.41) is 0.186. The maximum atomic E-state index is 9.78. The van der Waals surface area contributed by atoms with Gasteiger partial charge < -0.3 is 8.98 Å². The van der Waals surface area contributed by atoms with Gasteiger partial charge in [0, 0.05) is 43.9 Å². The van der Waals surface area contributed by atoms with E-state index in [1.807, 2.05) is 103 Å². The molecule has 0 aliphatic heterocycles. The minimum atomic E-state index is -0.705. The first kappa shape index (κ1) is 22.7. The van der Waals surface area contributed by atoms with Gasteiger partial charge in [-0.05, 0) is 81.4 Å². The first-order valence-corrected chi connectivity index (χ1v) is 19.0. The lowest BCUT2D eigenvalue weighted by Gasteiger charge is -2.11. The summed E-state index contributed by atoms with van der Waals surface area (Å²) >= 11 is 0. The van der Waals surface area contributed by atoms with Crippen LogP contribution in [0.25, 0.3) is 117 Å². The molecule has 0 spiro atoms. The first-order valence-electron chi connectivity index (χ1n) is 26.0. The van der Waals surface area contributed by atoms with Crippen LogP contribution in [-0.4, -0.2) is 19.5 Å². The van der Waals surface area contributed by atoms with Gasteiger partial charge in [0.05, 0.1) is 30.2 Å². The summed E-state index contributed by atoms with van der Waals surface area (Å²) < 4.78 is 133. The molecule has 60 heavy (non-hydrogen) atoms. The molecule has 0 saturated heterocycles. The molecule has 0 fully saturated rings. The fourth-order valence-corrected chi connectivity index (χ4v) is 7.75. The summed E-state index contributed by atoms with van der Waals surface area (Å²) in [7, 11) is 0. The van der Waals surface area contributed by atoms with Crippen molar-refractivity contribution in [2.75, 3.05) is 0 Å². The van der Waals surface area contributed by atoms with Crippen molar-refractivity contribution in [3.63, 3.8) is 0 Å². The zero-order valence-corrected chi connectivity index (χ0v) is 31.2. The van der Waals surface area contributed by atoms with Crippen molar-refractivity contribution in [2.24, 2.45) is 0 Å². The lowest BCUT2D eigenvalue weighted by atomic mass is 9.97. The van der Waals surface area contributed by atoms with Crippen LogP contribution in [-0.2, 0) is 0 Å². The van der Waals surface area contributed by atoms with Gasteiger partial charge in [0.25, 0.3) is 0 Å².